The normalized spacial score (nSPS) is 18.9. The largest absolute Gasteiger partial charge is 0.296 e. The first-order valence-corrected chi connectivity index (χ1v) is 5.24. The lowest BCUT2D eigenvalue weighted by molar-refractivity contribution is 0.232. The molecule has 1 radical (unpaired) electrons. The minimum absolute atomic E-state index is 0.433. The van der Waals surface area contributed by atoms with Crippen molar-refractivity contribution < 1.29 is 4.79 Å². The van der Waals surface area contributed by atoms with Crippen LogP contribution in [0.5, 0.6) is 0 Å². The average molecular weight is 204 g/mol. The lowest BCUT2D eigenvalue weighted by Gasteiger charge is -2.29. The van der Waals surface area contributed by atoms with Crippen molar-refractivity contribution in [1.29, 1.82) is 0 Å². The molecule has 1 fully saturated rings. The van der Waals surface area contributed by atoms with E-state index in [1.807, 2.05) is 12.4 Å². The summed E-state index contributed by atoms with van der Waals surface area (Å²) in [4.78, 5) is 20.9. The van der Waals surface area contributed by atoms with E-state index in [-0.39, 0.29) is 0 Å². The van der Waals surface area contributed by atoms with Crippen LogP contribution in [0.3, 0.4) is 0 Å². The molecule has 4 nitrogen and oxygen atoms in total. The minimum atomic E-state index is 0.433. The van der Waals surface area contributed by atoms with E-state index in [2.05, 4.69) is 14.9 Å². The molecule has 1 saturated heterocycles. The second kappa shape index (κ2) is 4.98. The standard InChI is InChI=1S/C11H14N3O/c15-9-8-14-6-2-10(3-7-14)11-12-4-1-5-13-11/h1,4-5,10H,2-3,6-8H2. The van der Waals surface area contributed by atoms with Crippen molar-refractivity contribution in [3.05, 3.63) is 24.3 Å². The van der Waals surface area contributed by atoms with Gasteiger partial charge in [0, 0.05) is 18.3 Å². The Hall–Kier alpha value is -1.29. The van der Waals surface area contributed by atoms with E-state index in [4.69, 9.17) is 0 Å². The fourth-order valence-corrected chi connectivity index (χ4v) is 1.96. The van der Waals surface area contributed by atoms with Crippen LogP contribution in [0, 0.1) is 0 Å². The molecule has 0 unspecified atom stereocenters. The van der Waals surface area contributed by atoms with Crippen LogP contribution in [0.2, 0.25) is 0 Å². The van der Waals surface area contributed by atoms with Crippen molar-refractivity contribution in [2.24, 2.45) is 0 Å². The number of rotatable bonds is 3. The number of piperidine rings is 1. The van der Waals surface area contributed by atoms with Crippen LogP contribution in [-0.4, -0.2) is 40.8 Å². The summed E-state index contributed by atoms with van der Waals surface area (Å²) in [6, 6.07) is 1.83. The van der Waals surface area contributed by atoms with Crippen LogP contribution in [0.4, 0.5) is 0 Å². The van der Waals surface area contributed by atoms with Crippen molar-refractivity contribution >= 4 is 6.29 Å². The van der Waals surface area contributed by atoms with Crippen molar-refractivity contribution in [2.45, 2.75) is 18.8 Å². The smallest absolute Gasteiger partial charge is 0.213 e. The van der Waals surface area contributed by atoms with Gasteiger partial charge in [-0.05, 0) is 32.0 Å². The zero-order valence-electron chi connectivity index (χ0n) is 8.59. The molecular formula is C11H14N3O. The minimum Gasteiger partial charge on any atom is -0.296 e. The lowest BCUT2D eigenvalue weighted by atomic mass is 9.96. The van der Waals surface area contributed by atoms with Gasteiger partial charge in [0.1, 0.15) is 5.82 Å². The fraction of sp³-hybridized carbons (Fsp3) is 0.545. The average Bonchev–Trinajstić information content (AvgIpc) is 2.32. The first-order valence-electron chi connectivity index (χ1n) is 5.24. The SMILES string of the molecule is O=[C]CN1CCC(c2ncccn2)CC1. The molecule has 1 aromatic heterocycles. The zero-order chi connectivity index (χ0) is 10.5. The molecule has 1 aliphatic heterocycles. The molecule has 0 aromatic carbocycles. The Morgan fingerprint density at radius 1 is 1.33 bits per heavy atom. The van der Waals surface area contributed by atoms with E-state index >= 15 is 0 Å². The Balaban J connectivity index is 1.91. The number of hydrogen-bond acceptors (Lipinski definition) is 4. The maximum atomic E-state index is 10.2. The molecule has 0 atom stereocenters. The zero-order valence-corrected chi connectivity index (χ0v) is 8.59. The quantitative estimate of drug-likeness (QED) is 0.729. The van der Waals surface area contributed by atoms with Crippen LogP contribution in [-0.2, 0) is 4.79 Å². The summed E-state index contributed by atoms with van der Waals surface area (Å²) in [5, 5.41) is 0. The summed E-state index contributed by atoms with van der Waals surface area (Å²) in [5.74, 6) is 1.39. The molecule has 0 saturated carbocycles. The van der Waals surface area contributed by atoms with Gasteiger partial charge in [0.15, 0.2) is 0 Å². The highest BCUT2D eigenvalue weighted by Gasteiger charge is 2.21. The third kappa shape index (κ3) is 2.59. The van der Waals surface area contributed by atoms with Crippen LogP contribution < -0.4 is 0 Å². The molecule has 0 spiro atoms. The molecule has 0 bridgehead atoms. The molecule has 0 aliphatic carbocycles. The summed E-state index contributed by atoms with van der Waals surface area (Å²) in [6.07, 6.45) is 7.57. The predicted octanol–water partition coefficient (Wildman–Crippen LogP) is 0.766. The van der Waals surface area contributed by atoms with E-state index in [0.717, 1.165) is 31.8 Å². The van der Waals surface area contributed by atoms with Crippen molar-refractivity contribution in [1.82, 2.24) is 14.9 Å². The van der Waals surface area contributed by atoms with E-state index in [1.54, 1.807) is 12.4 Å². The van der Waals surface area contributed by atoms with Crippen molar-refractivity contribution in [3.8, 4) is 0 Å². The van der Waals surface area contributed by atoms with Gasteiger partial charge in [-0.1, -0.05) is 0 Å². The Morgan fingerprint density at radius 3 is 2.60 bits per heavy atom. The Kier molecular flexibility index (Phi) is 3.40. The highest BCUT2D eigenvalue weighted by molar-refractivity contribution is 5.53. The first kappa shape index (κ1) is 10.2. The third-order valence-electron chi connectivity index (χ3n) is 2.83. The Morgan fingerprint density at radius 2 is 2.00 bits per heavy atom. The summed E-state index contributed by atoms with van der Waals surface area (Å²) in [5.41, 5.74) is 0. The number of hydrogen-bond donors (Lipinski definition) is 0. The lowest BCUT2D eigenvalue weighted by Crippen LogP contribution is -2.34. The number of likely N-dealkylation sites (tertiary alicyclic amines) is 1. The Bertz CT molecular complexity index is 307. The number of aromatic nitrogens is 2. The van der Waals surface area contributed by atoms with Gasteiger partial charge in [-0.25, -0.2) is 9.97 Å². The highest BCUT2D eigenvalue weighted by Crippen LogP contribution is 2.24. The summed E-state index contributed by atoms with van der Waals surface area (Å²) < 4.78 is 0. The van der Waals surface area contributed by atoms with Gasteiger partial charge in [0.05, 0.1) is 6.54 Å². The topological polar surface area (TPSA) is 46.1 Å². The van der Waals surface area contributed by atoms with Gasteiger partial charge in [-0.15, -0.1) is 0 Å². The summed E-state index contributed by atoms with van der Waals surface area (Å²) in [7, 11) is 0. The second-order valence-electron chi connectivity index (χ2n) is 3.80. The van der Waals surface area contributed by atoms with Gasteiger partial charge in [-0.3, -0.25) is 9.69 Å². The van der Waals surface area contributed by atoms with E-state index in [9.17, 15) is 4.79 Å². The predicted molar refractivity (Wildman–Crippen MR) is 56.1 cm³/mol. The number of nitrogens with zero attached hydrogens (tertiary/aromatic N) is 3. The third-order valence-corrected chi connectivity index (χ3v) is 2.83. The molecule has 2 rings (SSSR count). The maximum absolute atomic E-state index is 10.2. The van der Waals surface area contributed by atoms with E-state index in [1.165, 1.54) is 0 Å². The second-order valence-corrected chi connectivity index (χ2v) is 3.80. The van der Waals surface area contributed by atoms with Crippen LogP contribution in [0.15, 0.2) is 18.5 Å². The molecule has 1 aromatic rings. The monoisotopic (exact) mass is 204 g/mol. The molecule has 0 N–H and O–H groups in total. The maximum Gasteiger partial charge on any atom is 0.213 e. The van der Waals surface area contributed by atoms with Gasteiger partial charge in [-0.2, -0.15) is 0 Å². The van der Waals surface area contributed by atoms with Gasteiger partial charge < -0.3 is 0 Å². The van der Waals surface area contributed by atoms with Crippen molar-refractivity contribution in [2.75, 3.05) is 19.6 Å². The molecule has 1 aliphatic rings. The molecule has 4 heteroatoms. The molecule has 2 heterocycles. The van der Waals surface area contributed by atoms with Crippen LogP contribution in [0.1, 0.15) is 24.6 Å². The summed E-state index contributed by atoms with van der Waals surface area (Å²) in [6.45, 7) is 2.32. The first-order chi connectivity index (χ1) is 7.40. The fourth-order valence-electron chi connectivity index (χ4n) is 1.96. The highest BCUT2D eigenvalue weighted by atomic mass is 16.1. The van der Waals surface area contributed by atoms with E-state index in [0.29, 0.717) is 12.5 Å². The summed E-state index contributed by atoms with van der Waals surface area (Å²) >= 11 is 0. The van der Waals surface area contributed by atoms with E-state index < -0.39 is 0 Å². The van der Waals surface area contributed by atoms with Crippen LogP contribution in [0.25, 0.3) is 0 Å². The molecular weight excluding hydrogens is 190 g/mol. The van der Waals surface area contributed by atoms with Crippen molar-refractivity contribution in [3.63, 3.8) is 0 Å². The Labute approximate surface area is 89.3 Å². The van der Waals surface area contributed by atoms with Gasteiger partial charge in [0.2, 0.25) is 6.29 Å². The van der Waals surface area contributed by atoms with Gasteiger partial charge >= 0.3 is 0 Å². The molecule has 15 heavy (non-hydrogen) atoms. The van der Waals surface area contributed by atoms with Crippen LogP contribution >= 0.6 is 0 Å². The number of carbonyl (C=O) groups excluding carboxylic acids is 1. The van der Waals surface area contributed by atoms with Gasteiger partial charge in [0.25, 0.3) is 0 Å². The molecule has 79 valence electrons. The molecule has 0 amide bonds.